The molecule has 1 saturated heterocycles. The van der Waals surface area contributed by atoms with Crippen molar-refractivity contribution in [2.45, 2.75) is 38.6 Å². The number of nitrogens with one attached hydrogen (secondary N) is 4. The Morgan fingerprint density at radius 1 is 1.11 bits per heavy atom. The van der Waals surface area contributed by atoms with Crippen molar-refractivity contribution in [1.82, 2.24) is 20.5 Å². The minimum Gasteiger partial charge on any atom is -0.384 e. The van der Waals surface area contributed by atoms with Crippen molar-refractivity contribution in [1.29, 1.82) is 0 Å². The minimum atomic E-state index is -0.999. The maximum Gasteiger partial charge on any atom is 0.319 e. The Hall–Kier alpha value is -4.28. The van der Waals surface area contributed by atoms with Crippen molar-refractivity contribution in [2.24, 2.45) is 0 Å². The van der Waals surface area contributed by atoms with E-state index in [1.54, 1.807) is 30.6 Å². The monoisotopic (exact) mass is 478 g/mol. The van der Waals surface area contributed by atoms with Crippen molar-refractivity contribution in [3.8, 4) is 0 Å². The molecule has 4 N–H and O–H groups in total. The van der Waals surface area contributed by atoms with Gasteiger partial charge in [0.1, 0.15) is 6.04 Å². The number of amides is 6. The Bertz CT molecular complexity index is 1200. The highest BCUT2D eigenvalue weighted by Gasteiger charge is 2.45. The Labute approximate surface area is 201 Å². The highest BCUT2D eigenvalue weighted by molar-refractivity contribution is 6.25. The largest absolute Gasteiger partial charge is 0.384 e. The number of carbonyl (C=O) groups excluding carboxylic acids is 5. The van der Waals surface area contributed by atoms with Gasteiger partial charge in [-0.25, -0.2) is 4.79 Å². The first kappa shape index (κ1) is 23.9. The second-order valence-corrected chi connectivity index (χ2v) is 8.44. The Kier molecular flexibility index (Phi) is 7.04. The molecule has 1 aromatic heterocycles. The molecule has 4 rings (SSSR count). The van der Waals surface area contributed by atoms with E-state index in [1.807, 2.05) is 13.0 Å². The predicted molar refractivity (Wildman–Crippen MR) is 127 cm³/mol. The van der Waals surface area contributed by atoms with Gasteiger partial charge in [-0.2, -0.15) is 0 Å². The second-order valence-electron chi connectivity index (χ2n) is 8.44. The summed E-state index contributed by atoms with van der Waals surface area (Å²) in [5.74, 6) is -2.14. The fraction of sp³-hybridized carbons (Fsp3) is 0.333. The normalized spacial score (nSPS) is 17.2. The zero-order valence-corrected chi connectivity index (χ0v) is 19.2. The standard InChI is InChI=1S/C24H26N6O5/c1-14-11-15(13-25-12-14)28-24(35)27-10-3-2-9-26-17-6-4-5-16-20(17)23(34)30(22(16)33)18-7-8-19(31)29-21(18)32/h4-6,11-13,18,26H,2-3,7-10H2,1H3,(H2,27,28,35)(H,29,31,32). The molecule has 3 heterocycles. The first-order chi connectivity index (χ1) is 16.8. The number of hydrogen-bond donors (Lipinski definition) is 4. The molecule has 2 aliphatic rings. The van der Waals surface area contributed by atoms with Gasteiger partial charge >= 0.3 is 6.03 Å². The highest BCUT2D eigenvalue weighted by Crippen LogP contribution is 2.32. The maximum absolute atomic E-state index is 13.1. The van der Waals surface area contributed by atoms with Crippen LogP contribution < -0.4 is 21.3 Å². The molecule has 1 atom stereocenters. The molecular weight excluding hydrogens is 452 g/mol. The summed E-state index contributed by atoms with van der Waals surface area (Å²) in [5, 5.41) is 10.9. The third-order valence-corrected chi connectivity index (χ3v) is 5.81. The van der Waals surface area contributed by atoms with Crippen LogP contribution in [-0.4, -0.2) is 58.7 Å². The highest BCUT2D eigenvalue weighted by atomic mass is 16.2. The topological polar surface area (TPSA) is 150 Å². The van der Waals surface area contributed by atoms with Crippen molar-refractivity contribution < 1.29 is 24.0 Å². The first-order valence-electron chi connectivity index (χ1n) is 11.4. The van der Waals surface area contributed by atoms with Crippen molar-refractivity contribution in [3.05, 3.63) is 53.3 Å². The van der Waals surface area contributed by atoms with Gasteiger partial charge in [-0.1, -0.05) is 6.07 Å². The molecule has 11 heteroatoms. The van der Waals surface area contributed by atoms with Crippen molar-refractivity contribution in [3.63, 3.8) is 0 Å². The SMILES string of the molecule is Cc1cncc(NC(=O)NCCCCNc2cccc3c2C(=O)N(C2CCC(=O)NC2=O)C3=O)c1. The van der Waals surface area contributed by atoms with Gasteiger partial charge in [-0.3, -0.25) is 34.4 Å². The zero-order valence-electron chi connectivity index (χ0n) is 19.2. The van der Waals surface area contributed by atoms with Gasteiger partial charge in [0.25, 0.3) is 11.8 Å². The van der Waals surface area contributed by atoms with E-state index in [2.05, 4.69) is 26.3 Å². The van der Waals surface area contributed by atoms with E-state index in [0.717, 1.165) is 10.5 Å². The number of nitrogens with zero attached hydrogens (tertiary/aromatic N) is 2. The molecule has 11 nitrogen and oxygen atoms in total. The fourth-order valence-corrected chi connectivity index (χ4v) is 4.14. The molecule has 2 aromatic rings. The van der Waals surface area contributed by atoms with Gasteiger partial charge < -0.3 is 16.0 Å². The molecule has 0 aliphatic carbocycles. The second kappa shape index (κ2) is 10.3. The summed E-state index contributed by atoms with van der Waals surface area (Å²) in [5.41, 5.74) is 2.53. The molecule has 35 heavy (non-hydrogen) atoms. The van der Waals surface area contributed by atoms with Crippen LogP contribution in [0.4, 0.5) is 16.2 Å². The van der Waals surface area contributed by atoms with Crippen molar-refractivity contribution >= 4 is 41.0 Å². The van der Waals surface area contributed by atoms with E-state index in [4.69, 9.17) is 0 Å². The summed E-state index contributed by atoms with van der Waals surface area (Å²) in [4.78, 5) is 66.6. The average Bonchev–Trinajstić information content (AvgIpc) is 3.07. The van der Waals surface area contributed by atoms with Crippen LogP contribution in [0.3, 0.4) is 0 Å². The van der Waals surface area contributed by atoms with Gasteiger partial charge in [-0.15, -0.1) is 0 Å². The number of benzene rings is 1. The molecule has 2 aliphatic heterocycles. The van der Waals surface area contributed by atoms with Crippen LogP contribution in [0.15, 0.2) is 36.7 Å². The molecule has 1 aromatic carbocycles. The fourth-order valence-electron chi connectivity index (χ4n) is 4.14. The average molecular weight is 479 g/mol. The summed E-state index contributed by atoms with van der Waals surface area (Å²) in [6.07, 6.45) is 4.85. The number of piperidine rings is 1. The summed E-state index contributed by atoms with van der Waals surface area (Å²) in [6.45, 7) is 2.86. The number of urea groups is 1. The van der Waals surface area contributed by atoms with Crippen LogP contribution in [0.5, 0.6) is 0 Å². The molecule has 6 amide bonds. The van der Waals surface area contributed by atoms with E-state index in [-0.39, 0.29) is 30.0 Å². The molecule has 0 bridgehead atoms. The number of rotatable bonds is 8. The van der Waals surface area contributed by atoms with Crippen LogP contribution in [-0.2, 0) is 9.59 Å². The molecule has 182 valence electrons. The number of carbonyl (C=O) groups is 5. The van der Waals surface area contributed by atoms with E-state index in [0.29, 0.717) is 37.3 Å². The Morgan fingerprint density at radius 3 is 2.69 bits per heavy atom. The Morgan fingerprint density at radius 2 is 1.91 bits per heavy atom. The number of unbranched alkanes of at least 4 members (excludes halogenated alkanes) is 1. The summed E-state index contributed by atoms with van der Waals surface area (Å²) < 4.78 is 0. The van der Waals surface area contributed by atoms with Crippen molar-refractivity contribution in [2.75, 3.05) is 23.7 Å². The zero-order chi connectivity index (χ0) is 24.9. The predicted octanol–water partition coefficient (Wildman–Crippen LogP) is 1.81. The number of aromatic nitrogens is 1. The Balaban J connectivity index is 1.27. The van der Waals surface area contributed by atoms with Crippen LogP contribution in [0.2, 0.25) is 0 Å². The molecule has 0 saturated carbocycles. The lowest BCUT2D eigenvalue weighted by Crippen LogP contribution is -2.54. The lowest BCUT2D eigenvalue weighted by atomic mass is 10.0. The van der Waals surface area contributed by atoms with E-state index < -0.39 is 29.7 Å². The quantitative estimate of drug-likeness (QED) is 0.334. The molecule has 1 unspecified atom stereocenters. The number of pyridine rings is 1. The third-order valence-electron chi connectivity index (χ3n) is 5.81. The summed E-state index contributed by atoms with van der Waals surface area (Å²) in [6, 6.07) is 5.44. The first-order valence-corrected chi connectivity index (χ1v) is 11.4. The molecule has 0 spiro atoms. The van der Waals surface area contributed by atoms with Gasteiger partial charge in [0.2, 0.25) is 11.8 Å². The van der Waals surface area contributed by atoms with Crippen LogP contribution >= 0.6 is 0 Å². The lowest BCUT2D eigenvalue weighted by Gasteiger charge is -2.27. The van der Waals surface area contributed by atoms with Crippen LogP contribution in [0, 0.1) is 6.92 Å². The molecule has 0 radical (unpaired) electrons. The number of aryl methyl sites for hydroxylation is 1. The summed E-state index contributed by atoms with van der Waals surface area (Å²) in [7, 11) is 0. The van der Waals surface area contributed by atoms with Gasteiger partial charge in [0.15, 0.2) is 0 Å². The number of imide groups is 2. The smallest absolute Gasteiger partial charge is 0.319 e. The van der Waals surface area contributed by atoms with Gasteiger partial charge in [0, 0.05) is 31.4 Å². The van der Waals surface area contributed by atoms with E-state index >= 15 is 0 Å². The van der Waals surface area contributed by atoms with Gasteiger partial charge in [0.05, 0.1) is 23.0 Å². The van der Waals surface area contributed by atoms with E-state index in [9.17, 15) is 24.0 Å². The van der Waals surface area contributed by atoms with Gasteiger partial charge in [-0.05, 0) is 49.9 Å². The summed E-state index contributed by atoms with van der Waals surface area (Å²) >= 11 is 0. The lowest BCUT2D eigenvalue weighted by molar-refractivity contribution is -0.136. The number of fused-ring (bicyclic) bond motifs is 1. The maximum atomic E-state index is 13.1. The third kappa shape index (κ3) is 5.29. The minimum absolute atomic E-state index is 0.0723. The number of hydrogen-bond acceptors (Lipinski definition) is 7. The van der Waals surface area contributed by atoms with E-state index in [1.165, 1.54) is 0 Å². The molecular formula is C24H26N6O5. The molecule has 1 fully saturated rings. The number of anilines is 2. The van der Waals surface area contributed by atoms with Crippen LogP contribution in [0.1, 0.15) is 52.0 Å². The van der Waals surface area contributed by atoms with Crippen LogP contribution in [0.25, 0.3) is 0 Å².